The quantitative estimate of drug-likeness (QED) is 0.926. The van der Waals surface area contributed by atoms with E-state index < -0.39 is 0 Å². The van der Waals surface area contributed by atoms with E-state index in [0.717, 1.165) is 35.4 Å². The Balaban J connectivity index is 1.97. The molecule has 1 aliphatic carbocycles. The van der Waals surface area contributed by atoms with Gasteiger partial charge in [0.25, 0.3) is 0 Å². The van der Waals surface area contributed by atoms with Crippen molar-refractivity contribution in [3.8, 4) is 0 Å². The smallest absolute Gasteiger partial charge is 0.128 e. The predicted octanol–water partition coefficient (Wildman–Crippen LogP) is 2.36. The van der Waals surface area contributed by atoms with E-state index in [4.69, 9.17) is 0 Å². The number of hydrogen-bond donors (Lipinski definition) is 1. The number of anilines is 1. The Morgan fingerprint density at radius 2 is 2.19 bits per heavy atom. The summed E-state index contributed by atoms with van der Waals surface area (Å²) >= 11 is 3.45. The molecule has 88 valence electrons. The van der Waals surface area contributed by atoms with E-state index in [9.17, 15) is 5.11 Å². The maximum Gasteiger partial charge on any atom is 0.128 e. The standard InChI is InChI=1S/C12H17BrN2O/c1-8-11(13)3-4-12(14-8)15(2)7-9-5-10(16)6-9/h3-4,9-10,16H,5-7H2,1-2H3. The molecule has 1 aromatic heterocycles. The second-order valence-corrected chi connectivity index (χ2v) is 5.46. The van der Waals surface area contributed by atoms with Gasteiger partial charge in [-0.1, -0.05) is 0 Å². The first-order chi connectivity index (χ1) is 7.56. The Labute approximate surface area is 105 Å². The van der Waals surface area contributed by atoms with Gasteiger partial charge in [-0.2, -0.15) is 0 Å². The maximum atomic E-state index is 9.24. The van der Waals surface area contributed by atoms with E-state index in [1.165, 1.54) is 0 Å². The fourth-order valence-electron chi connectivity index (χ4n) is 2.07. The van der Waals surface area contributed by atoms with Crippen LogP contribution < -0.4 is 4.90 Å². The molecule has 0 radical (unpaired) electrons. The molecule has 2 rings (SSSR count). The molecule has 1 N–H and O–H groups in total. The molecule has 0 amide bonds. The number of nitrogens with zero attached hydrogens (tertiary/aromatic N) is 2. The van der Waals surface area contributed by atoms with Crippen LogP contribution in [0, 0.1) is 12.8 Å². The molecule has 1 saturated carbocycles. The number of rotatable bonds is 3. The highest BCUT2D eigenvalue weighted by molar-refractivity contribution is 9.10. The zero-order valence-corrected chi connectivity index (χ0v) is 11.2. The largest absolute Gasteiger partial charge is 0.393 e. The lowest BCUT2D eigenvalue weighted by Crippen LogP contribution is -2.37. The SMILES string of the molecule is Cc1nc(N(C)CC2CC(O)C2)ccc1Br. The van der Waals surface area contributed by atoms with Gasteiger partial charge in [0.1, 0.15) is 5.82 Å². The molecule has 1 aromatic rings. The van der Waals surface area contributed by atoms with Gasteiger partial charge in [0.15, 0.2) is 0 Å². The van der Waals surface area contributed by atoms with Gasteiger partial charge in [0.2, 0.25) is 0 Å². The number of halogens is 1. The topological polar surface area (TPSA) is 36.4 Å². The lowest BCUT2D eigenvalue weighted by atomic mass is 9.82. The summed E-state index contributed by atoms with van der Waals surface area (Å²) in [6.45, 7) is 2.97. The fraction of sp³-hybridized carbons (Fsp3) is 0.583. The summed E-state index contributed by atoms with van der Waals surface area (Å²) in [5.41, 5.74) is 1.01. The first kappa shape index (κ1) is 11.9. The third-order valence-electron chi connectivity index (χ3n) is 3.14. The van der Waals surface area contributed by atoms with Gasteiger partial charge in [-0.05, 0) is 53.7 Å². The van der Waals surface area contributed by atoms with Crippen LogP contribution in [0.2, 0.25) is 0 Å². The van der Waals surface area contributed by atoms with E-state index in [-0.39, 0.29) is 6.10 Å². The minimum Gasteiger partial charge on any atom is -0.393 e. The van der Waals surface area contributed by atoms with Gasteiger partial charge >= 0.3 is 0 Å². The zero-order valence-electron chi connectivity index (χ0n) is 9.65. The van der Waals surface area contributed by atoms with Crippen LogP contribution in [-0.4, -0.2) is 29.8 Å². The molecule has 16 heavy (non-hydrogen) atoms. The van der Waals surface area contributed by atoms with Crippen LogP contribution in [0.1, 0.15) is 18.5 Å². The molecule has 0 unspecified atom stereocenters. The van der Waals surface area contributed by atoms with Crippen molar-refractivity contribution in [1.82, 2.24) is 4.98 Å². The van der Waals surface area contributed by atoms with Crippen LogP contribution in [-0.2, 0) is 0 Å². The van der Waals surface area contributed by atoms with E-state index in [2.05, 4.69) is 32.9 Å². The average molecular weight is 285 g/mol. The van der Waals surface area contributed by atoms with Crippen LogP contribution in [0.15, 0.2) is 16.6 Å². The molecule has 0 atom stereocenters. The van der Waals surface area contributed by atoms with Crippen molar-refractivity contribution in [2.75, 3.05) is 18.5 Å². The van der Waals surface area contributed by atoms with Crippen molar-refractivity contribution >= 4 is 21.7 Å². The minimum absolute atomic E-state index is 0.0713. The van der Waals surface area contributed by atoms with Crippen LogP contribution in [0.25, 0.3) is 0 Å². The Kier molecular flexibility index (Phi) is 3.50. The Morgan fingerprint density at radius 1 is 1.50 bits per heavy atom. The van der Waals surface area contributed by atoms with Gasteiger partial charge in [0, 0.05) is 18.1 Å². The number of aromatic nitrogens is 1. The van der Waals surface area contributed by atoms with E-state index in [1.54, 1.807) is 0 Å². The summed E-state index contributed by atoms with van der Waals surface area (Å²) < 4.78 is 1.05. The monoisotopic (exact) mass is 284 g/mol. The van der Waals surface area contributed by atoms with Crippen molar-refractivity contribution in [2.24, 2.45) is 5.92 Å². The van der Waals surface area contributed by atoms with E-state index >= 15 is 0 Å². The molecule has 0 aromatic carbocycles. The van der Waals surface area contributed by atoms with Crippen molar-refractivity contribution in [3.63, 3.8) is 0 Å². The molecule has 0 spiro atoms. The minimum atomic E-state index is -0.0713. The van der Waals surface area contributed by atoms with E-state index in [0.29, 0.717) is 5.92 Å². The molecule has 0 saturated heterocycles. The van der Waals surface area contributed by atoms with Crippen LogP contribution >= 0.6 is 15.9 Å². The van der Waals surface area contributed by atoms with E-state index in [1.807, 2.05) is 19.1 Å². The van der Waals surface area contributed by atoms with Crippen molar-refractivity contribution < 1.29 is 5.11 Å². The second kappa shape index (κ2) is 4.72. The molecule has 1 aliphatic rings. The van der Waals surface area contributed by atoms with Crippen molar-refractivity contribution in [2.45, 2.75) is 25.9 Å². The molecule has 0 bridgehead atoms. The Bertz CT molecular complexity index is 377. The summed E-state index contributed by atoms with van der Waals surface area (Å²) in [7, 11) is 2.06. The first-order valence-corrected chi connectivity index (χ1v) is 6.38. The summed E-state index contributed by atoms with van der Waals surface area (Å²) in [6.07, 6.45) is 1.79. The molecule has 0 aliphatic heterocycles. The molecule has 3 nitrogen and oxygen atoms in total. The highest BCUT2D eigenvalue weighted by Crippen LogP contribution is 2.29. The highest BCUT2D eigenvalue weighted by Gasteiger charge is 2.28. The summed E-state index contributed by atoms with van der Waals surface area (Å²) in [4.78, 5) is 6.68. The second-order valence-electron chi connectivity index (χ2n) is 4.61. The zero-order chi connectivity index (χ0) is 11.7. The predicted molar refractivity (Wildman–Crippen MR) is 68.7 cm³/mol. The van der Waals surface area contributed by atoms with Gasteiger partial charge < -0.3 is 10.0 Å². The van der Waals surface area contributed by atoms with Crippen LogP contribution in [0.5, 0.6) is 0 Å². The third-order valence-corrected chi connectivity index (χ3v) is 3.98. The third kappa shape index (κ3) is 2.55. The van der Waals surface area contributed by atoms with Crippen molar-refractivity contribution in [3.05, 3.63) is 22.3 Å². The lowest BCUT2D eigenvalue weighted by molar-refractivity contribution is 0.0464. The van der Waals surface area contributed by atoms with Gasteiger partial charge in [-0.3, -0.25) is 0 Å². The summed E-state index contributed by atoms with van der Waals surface area (Å²) in [5, 5.41) is 9.24. The normalized spacial score (nSPS) is 24.0. The average Bonchev–Trinajstić information content (AvgIpc) is 2.19. The maximum absolute atomic E-state index is 9.24. The van der Waals surface area contributed by atoms with Gasteiger partial charge in [-0.15, -0.1) is 0 Å². The number of aliphatic hydroxyl groups excluding tert-OH is 1. The number of pyridine rings is 1. The first-order valence-electron chi connectivity index (χ1n) is 5.58. The number of aliphatic hydroxyl groups is 1. The summed E-state index contributed by atoms with van der Waals surface area (Å²) in [5.74, 6) is 1.62. The van der Waals surface area contributed by atoms with Crippen LogP contribution in [0.3, 0.4) is 0 Å². The van der Waals surface area contributed by atoms with Crippen LogP contribution in [0.4, 0.5) is 5.82 Å². The lowest BCUT2D eigenvalue weighted by Gasteiger charge is -2.34. The Morgan fingerprint density at radius 3 is 2.75 bits per heavy atom. The molecule has 1 fully saturated rings. The van der Waals surface area contributed by atoms with Gasteiger partial charge in [0.05, 0.1) is 11.8 Å². The number of hydrogen-bond acceptors (Lipinski definition) is 3. The number of aryl methyl sites for hydroxylation is 1. The van der Waals surface area contributed by atoms with Gasteiger partial charge in [-0.25, -0.2) is 4.98 Å². The molecular formula is C12H17BrN2O. The van der Waals surface area contributed by atoms with Crippen molar-refractivity contribution in [1.29, 1.82) is 0 Å². The Hall–Kier alpha value is -0.610. The summed E-state index contributed by atoms with van der Waals surface area (Å²) in [6, 6.07) is 4.05. The molecule has 1 heterocycles. The highest BCUT2D eigenvalue weighted by atomic mass is 79.9. The fourth-order valence-corrected chi connectivity index (χ4v) is 2.29. The molecule has 4 heteroatoms. The molecular weight excluding hydrogens is 268 g/mol.